The number of hydrogen-bond acceptors (Lipinski definition) is 3. The zero-order valence-electron chi connectivity index (χ0n) is 12.4. The second-order valence-corrected chi connectivity index (χ2v) is 4.56. The highest BCUT2D eigenvalue weighted by atomic mass is 16.1. The van der Waals surface area contributed by atoms with Crippen molar-refractivity contribution in [3.05, 3.63) is 29.3 Å². The zero-order chi connectivity index (χ0) is 14.3. The van der Waals surface area contributed by atoms with Crippen LogP contribution in [0.5, 0.6) is 0 Å². The van der Waals surface area contributed by atoms with Crippen LogP contribution < -0.4 is 10.6 Å². The molecule has 4 nitrogen and oxygen atoms in total. The van der Waals surface area contributed by atoms with Crippen LogP contribution in [0.15, 0.2) is 18.2 Å². The first-order valence-electron chi connectivity index (χ1n) is 6.91. The molecule has 0 aromatic heterocycles. The molecule has 19 heavy (non-hydrogen) atoms. The Morgan fingerprint density at radius 2 is 1.95 bits per heavy atom. The average molecular weight is 263 g/mol. The first-order chi connectivity index (χ1) is 9.12. The minimum absolute atomic E-state index is 0.00194. The number of amides is 1. The first-order valence-corrected chi connectivity index (χ1v) is 6.91. The van der Waals surface area contributed by atoms with Crippen LogP contribution in [0, 0.1) is 6.92 Å². The summed E-state index contributed by atoms with van der Waals surface area (Å²) in [5.41, 5.74) is 2.86. The largest absolute Gasteiger partial charge is 0.388 e. The number of nitrogens with one attached hydrogen (secondary N) is 2. The Bertz CT molecular complexity index is 414. The second kappa shape index (κ2) is 7.79. The van der Waals surface area contributed by atoms with E-state index in [2.05, 4.69) is 29.4 Å². The number of hydrogen-bond donors (Lipinski definition) is 2. The fraction of sp³-hybridized carbons (Fsp3) is 0.533. The molecular weight excluding hydrogens is 238 g/mol. The van der Waals surface area contributed by atoms with Crippen molar-refractivity contribution in [2.45, 2.75) is 20.8 Å². The standard InChI is InChI=1S/C15H25N3O/c1-5-18(6-2)10-9-17-15(19)13-7-8-14(16-4)12(3)11-13/h7-8,11,16H,5-6,9-10H2,1-4H3,(H,17,19). The van der Waals surface area contributed by atoms with Gasteiger partial charge in [-0.1, -0.05) is 13.8 Å². The van der Waals surface area contributed by atoms with E-state index in [9.17, 15) is 4.79 Å². The third kappa shape index (κ3) is 4.56. The summed E-state index contributed by atoms with van der Waals surface area (Å²) in [6.45, 7) is 9.87. The molecule has 1 amide bonds. The van der Waals surface area contributed by atoms with Crippen LogP contribution in [0.25, 0.3) is 0 Å². The molecule has 4 heteroatoms. The van der Waals surface area contributed by atoms with Crippen molar-refractivity contribution in [2.75, 3.05) is 38.5 Å². The number of anilines is 1. The lowest BCUT2D eigenvalue weighted by molar-refractivity contribution is 0.0949. The maximum atomic E-state index is 12.0. The van der Waals surface area contributed by atoms with Gasteiger partial charge in [-0.15, -0.1) is 0 Å². The number of likely N-dealkylation sites (N-methyl/N-ethyl adjacent to an activating group) is 1. The molecule has 0 aliphatic heterocycles. The van der Waals surface area contributed by atoms with E-state index in [0.29, 0.717) is 6.54 Å². The molecule has 0 spiro atoms. The maximum Gasteiger partial charge on any atom is 0.251 e. The lowest BCUT2D eigenvalue weighted by Gasteiger charge is -2.18. The van der Waals surface area contributed by atoms with Crippen molar-refractivity contribution in [3.63, 3.8) is 0 Å². The Kier molecular flexibility index (Phi) is 6.36. The zero-order valence-corrected chi connectivity index (χ0v) is 12.4. The van der Waals surface area contributed by atoms with Crippen LogP contribution in [0.1, 0.15) is 29.8 Å². The average Bonchev–Trinajstić information content (AvgIpc) is 2.43. The van der Waals surface area contributed by atoms with Gasteiger partial charge in [-0.05, 0) is 43.8 Å². The van der Waals surface area contributed by atoms with Gasteiger partial charge in [0.15, 0.2) is 0 Å². The van der Waals surface area contributed by atoms with Crippen LogP contribution in [-0.4, -0.2) is 44.0 Å². The fourth-order valence-corrected chi connectivity index (χ4v) is 2.05. The summed E-state index contributed by atoms with van der Waals surface area (Å²) < 4.78 is 0. The van der Waals surface area contributed by atoms with Gasteiger partial charge in [-0.2, -0.15) is 0 Å². The Morgan fingerprint density at radius 3 is 2.47 bits per heavy atom. The molecule has 106 valence electrons. The highest BCUT2D eigenvalue weighted by molar-refractivity contribution is 5.94. The number of nitrogens with zero attached hydrogens (tertiary/aromatic N) is 1. The summed E-state index contributed by atoms with van der Waals surface area (Å²) in [5.74, 6) is -0.00194. The Balaban J connectivity index is 2.52. The molecule has 0 aliphatic rings. The van der Waals surface area contributed by atoms with Crippen molar-refractivity contribution in [1.29, 1.82) is 0 Å². The van der Waals surface area contributed by atoms with Gasteiger partial charge < -0.3 is 15.5 Å². The minimum Gasteiger partial charge on any atom is -0.388 e. The lowest BCUT2D eigenvalue weighted by Crippen LogP contribution is -2.34. The number of benzene rings is 1. The van der Waals surface area contributed by atoms with Crippen LogP contribution in [-0.2, 0) is 0 Å². The van der Waals surface area contributed by atoms with Crippen molar-refractivity contribution in [3.8, 4) is 0 Å². The molecule has 2 N–H and O–H groups in total. The minimum atomic E-state index is -0.00194. The van der Waals surface area contributed by atoms with E-state index in [1.807, 2.05) is 32.2 Å². The molecule has 0 aliphatic carbocycles. The number of rotatable bonds is 7. The normalized spacial score (nSPS) is 10.6. The quantitative estimate of drug-likeness (QED) is 0.792. The van der Waals surface area contributed by atoms with Gasteiger partial charge in [0.05, 0.1) is 0 Å². The monoisotopic (exact) mass is 263 g/mol. The van der Waals surface area contributed by atoms with E-state index in [0.717, 1.165) is 36.4 Å². The van der Waals surface area contributed by atoms with Crippen LogP contribution in [0.3, 0.4) is 0 Å². The van der Waals surface area contributed by atoms with Gasteiger partial charge in [0.2, 0.25) is 0 Å². The second-order valence-electron chi connectivity index (χ2n) is 4.56. The van der Waals surface area contributed by atoms with E-state index in [1.54, 1.807) is 0 Å². The van der Waals surface area contributed by atoms with Crippen LogP contribution in [0.4, 0.5) is 5.69 Å². The molecule has 0 saturated heterocycles. The molecule has 1 aromatic rings. The smallest absolute Gasteiger partial charge is 0.251 e. The van der Waals surface area contributed by atoms with Crippen molar-refractivity contribution >= 4 is 11.6 Å². The molecule has 1 aromatic carbocycles. The molecule has 0 saturated carbocycles. The van der Waals surface area contributed by atoms with Gasteiger partial charge >= 0.3 is 0 Å². The molecule has 0 atom stereocenters. The third-order valence-electron chi connectivity index (χ3n) is 3.37. The molecule has 0 unspecified atom stereocenters. The third-order valence-corrected chi connectivity index (χ3v) is 3.37. The fourth-order valence-electron chi connectivity index (χ4n) is 2.05. The Hall–Kier alpha value is -1.55. The van der Waals surface area contributed by atoms with E-state index in [1.165, 1.54) is 0 Å². The Labute approximate surface area is 116 Å². The van der Waals surface area contributed by atoms with Gasteiger partial charge in [-0.3, -0.25) is 4.79 Å². The summed E-state index contributed by atoms with van der Waals surface area (Å²) in [7, 11) is 1.88. The van der Waals surface area contributed by atoms with Gasteiger partial charge in [0.25, 0.3) is 5.91 Å². The number of aryl methyl sites for hydroxylation is 1. The van der Waals surface area contributed by atoms with E-state index >= 15 is 0 Å². The van der Waals surface area contributed by atoms with Crippen molar-refractivity contribution in [1.82, 2.24) is 10.2 Å². The Morgan fingerprint density at radius 1 is 1.26 bits per heavy atom. The molecule has 0 fully saturated rings. The molecule has 0 heterocycles. The van der Waals surface area contributed by atoms with Crippen LogP contribution >= 0.6 is 0 Å². The predicted molar refractivity (Wildman–Crippen MR) is 80.8 cm³/mol. The van der Waals surface area contributed by atoms with Gasteiger partial charge in [0, 0.05) is 31.4 Å². The summed E-state index contributed by atoms with van der Waals surface area (Å²) >= 11 is 0. The molecular formula is C15H25N3O. The maximum absolute atomic E-state index is 12.0. The number of carbonyl (C=O) groups excluding carboxylic acids is 1. The van der Waals surface area contributed by atoms with Gasteiger partial charge in [-0.25, -0.2) is 0 Å². The van der Waals surface area contributed by atoms with Crippen molar-refractivity contribution in [2.24, 2.45) is 0 Å². The first kappa shape index (κ1) is 15.5. The van der Waals surface area contributed by atoms with E-state index in [4.69, 9.17) is 0 Å². The van der Waals surface area contributed by atoms with E-state index in [-0.39, 0.29) is 5.91 Å². The topological polar surface area (TPSA) is 44.4 Å². The molecule has 0 bridgehead atoms. The summed E-state index contributed by atoms with van der Waals surface area (Å²) in [5, 5.41) is 6.06. The summed E-state index contributed by atoms with van der Waals surface area (Å²) in [4.78, 5) is 14.3. The highest BCUT2D eigenvalue weighted by Crippen LogP contribution is 2.15. The SMILES string of the molecule is CCN(CC)CCNC(=O)c1ccc(NC)c(C)c1. The van der Waals surface area contributed by atoms with Gasteiger partial charge in [0.1, 0.15) is 0 Å². The molecule has 1 rings (SSSR count). The van der Waals surface area contributed by atoms with Crippen molar-refractivity contribution < 1.29 is 4.79 Å². The van der Waals surface area contributed by atoms with E-state index < -0.39 is 0 Å². The molecule has 0 radical (unpaired) electrons. The highest BCUT2D eigenvalue weighted by Gasteiger charge is 2.07. The lowest BCUT2D eigenvalue weighted by atomic mass is 10.1. The van der Waals surface area contributed by atoms with Crippen LogP contribution in [0.2, 0.25) is 0 Å². The summed E-state index contributed by atoms with van der Waals surface area (Å²) in [6.07, 6.45) is 0. The predicted octanol–water partition coefficient (Wildman–Crippen LogP) is 2.11. The number of carbonyl (C=O) groups is 1. The summed E-state index contributed by atoms with van der Waals surface area (Å²) in [6, 6.07) is 5.71.